The summed E-state index contributed by atoms with van der Waals surface area (Å²) in [6.07, 6.45) is 6.65. The zero-order chi connectivity index (χ0) is 18.8. The van der Waals surface area contributed by atoms with Crippen molar-refractivity contribution in [3.05, 3.63) is 11.1 Å². The van der Waals surface area contributed by atoms with E-state index in [9.17, 15) is 9.59 Å². The number of likely N-dealkylation sites (tertiary alicyclic amines) is 2. The minimum atomic E-state index is -0.464. The second-order valence-corrected chi connectivity index (χ2v) is 8.80. The van der Waals surface area contributed by atoms with Gasteiger partial charge in [0.1, 0.15) is 5.69 Å². The number of anilines is 1. The topological polar surface area (TPSA) is 82.8 Å². The minimum Gasteiger partial charge on any atom is -0.364 e. The van der Waals surface area contributed by atoms with Gasteiger partial charge in [0, 0.05) is 44.1 Å². The van der Waals surface area contributed by atoms with E-state index < -0.39 is 5.91 Å². The Morgan fingerprint density at radius 1 is 1.04 bits per heavy atom. The first kappa shape index (κ1) is 18.7. The maximum Gasteiger partial charge on any atom is 0.268 e. The molecule has 3 saturated heterocycles. The highest BCUT2D eigenvalue weighted by Crippen LogP contribution is 2.29. The molecule has 3 fully saturated rings. The molecule has 148 valence electrons. The van der Waals surface area contributed by atoms with E-state index in [1.807, 2.05) is 0 Å². The van der Waals surface area contributed by atoms with Crippen LogP contribution in [0.2, 0.25) is 0 Å². The van der Waals surface area contributed by atoms with Gasteiger partial charge in [-0.25, -0.2) is 4.98 Å². The van der Waals surface area contributed by atoms with Crippen LogP contribution in [-0.4, -0.2) is 71.9 Å². The van der Waals surface area contributed by atoms with E-state index in [0.717, 1.165) is 82.9 Å². The summed E-state index contributed by atoms with van der Waals surface area (Å²) in [7, 11) is 0. The Bertz CT molecular complexity index is 679. The number of hydrogen-bond donors (Lipinski definition) is 1. The van der Waals surface area contributed by atoms with Gasteiger partial charge in [-0.05, 0) is 45.1 Å². The number of hydrogen-bond acceptors (Lipinski definition) is 6. The molecule has 7 nitrogen and oxygen atoms in total. The number of nitrogens with two attached hydrogens (primary N) is 1. The molecule has 4 heterocycles. The zero-order valence-electron chi connectivity index (χ0n) is 15.8. The maximum atomic E-state index is 12.8. The van der Waals surface area contributed by atoms with Crippen LogP contribution in [0.5, 0.6) is 0 Å². The number of aromatic nitrogens is 1. The van der Waals surface area contributed by atoms with Gasteiger partial charge in [0.05, 0.1) is 5.92 Å². The van der Waals surface area contributed by atoms with Gasteiger partial charge in [-0.1, -0.05) is 0 Å². The molecule has 0 aliphatic carbocycles. The Labute approximate surface area is 164 Å². The zero-order valence-corrected chi connectivity index (χ0v) is 16.6. The molecule has 2 amide bonds. The maximum absolute atomic E-state index is 12.8. The number of carbonyl (C=O) groups excluding carboxylic acids is 2. The molecule has 0 radical (unpaired) electrons. The van der Waals surface area contributed by atoms with Crippen molar-refractivity contribution >= 4 is 28.3 Å². The molecule has 0 aromatic carbocycles. The number of amides is 2. The summed E-state index contributed by atoms with van der Waals surface area (Å²) in [5, 5.41) is 2.63. The van der Waals surface area contributed by atoms with E-state index in [1.54, 1.807) is 5.38 Å². The molecular weight excluding hydrogens is 362 g/mol. The number of thiazole rings is 1. The number of nitrogens with zero attached hydrogens (tertiary/aromatic N) is 4. The summed E-state index contributed by atoms with van der Waals surface area (Å²) in [5.41, 5.74) is 5.67. The fourth-order valence-corrected chi connectivity index (χ4v) is 5.55. The molecule has 27 heavy (non-hydrogen) atoms. The lowest BCUT2D eigenvalue weighted by atomic mass is 9.93. The van der Waals surface area contributed by atoms with Crippen molar-refractivity contribution < 1.29 is 9.59 Å². The minimum absolute atomic E-state index is 0.187. The van der Waals surface area contributed by atoms with E-state index in [4.69, 9.17) is 5.73 Å². The third-order valence-corrected chi connectivity index (χ3v) is 7.12. The van der Waals surface area contributed by atoms with Gasteiger partial charge in [-0.3, -0.25) is 14.5 Å². The molecule has 1 aromatic rings. The van der Waals surface area contributed by atoms with E-state index in [-0.39, 0.29) is 5.92 Å². The molecule has 3 aliphatic heterocycles. The van der Waals surface area contributed by atoms with Crippen molar-refractivity contribution in [2.24, 2.45) is 11.7 Å². The van der Waals surface area contributed by atoms with Crippen LogP contribution in [0.4, 0.5) is 5.13 Å². The third-order valence-electron chi connectivity index (χ3n) is 6.22. The molecule has 4 rings (SSSR count). The monoisotopic (exact) mass is 391 g/mol. The second kappa shape index (κ2) is 8.14. The fraction of sp³-hybridized carbons (Fsp3) is 0.737. The first-order chi connectivity index (χ1) is 13.1. The van der Waals surface area contributed by atoms with Gasteiger partial charge in [0.15, 0.2) is 5.13 Å². The Hall–Kier alpha value is -1.67. The van der Waals surface area contributed by atoms with Crippen LogP contribution in [0.25, 0.3) is 0 Å². The van der Waals surface area contributed by atoms with Crippen LogP contribution in [0.15, 0.2) is 5.38 Å². The predicted octanol–water partition coefficient (Wildman–Crippen LogP) is 1.55. The molecule has 8 heteroatoms. The van der Waals surface area contributed by atoms with Crippen LogP contribution in [-0.2, 0) is 4.79 Å². The smallest absolute Gasteiger partial charge is 0.268 e. The van der Waals surface area contributed by atoms with E-state index in [0.29, 0.717) is 17.6 Å². The Morgan fingerprint density at radius 3 is 2.44 bits per heavy atom. The first-order valence-electron chi connectivity index (χ1n) is 10.1. The van der Waals surface area contributed by atoms with Crippen molar-refractivity contribution in [3.8, 4) is 0 Å². The van der Waals surface area contributed by atoms with Crippen LogP contribution < -0.4 is 10.6 Å². The van der Waals surface area contributed by atoms with Gasteiger partial charge in [-0.15, -0.1) is 11.3 Å². The van der Waals surface area contributed by atoms with Crippen molar-refractivity contribution in [2.45, 2.75) is 44.6 Å². The molecule has 0 bridgehead atoms. The number of rotatable bonds is 4. The van der Waals surface area contributed by atoms with E-state index >= 15 is 0 Å². The largest absolute Gasteiger partial charge is 0.364 e. The quantitative estimate of drug-likeness (QED) is 0.842. The summed E-state index contributed by atoms with van der Waals surface area (Å²) in [5.74, 6) is 0.109. The van der Waals surface area contributed by atoms with Crippen molar-refractivity contribution in [3.63, 3.8) is 0 Å². The summed E-state index contributed by atoms with van der Waals surface area (Å²) < 4.78 is 0. The average molecular weight is 392 g/mol. The molecule has 0 spiro atoms. The summed E-state index contributed by atoms with van der Waals surface area (Å²) in [6.45, 7) is 5.82. The van der Waals surface area contributed by atoms with Crippen molar-refractivity contribution in [2.75, 3.05) is 44.2 Å². The SMILES string of the molecule is NC(=O)c1csc(N2CCC(N3CCCC(C(=O)N4CCCC4)C3)CC2)n1. The Kier molecular flexibility index (Phi) is 5.63. The molecule has 2 N–H and O–H groups in total. The lowest BCUT2D eigenvalue weighted by Gasteiger charge is -2.42. The molecule has 1 atom stereocenters. The first-order valence-corrected chi connectivity index (χ1v) is 11.0. The second-order valence-electron chi connectivity index (χ2n) is 7.96. The standard InChI is InChI=1S/C19H29N5O2S/c20-17(25)16-13-27-19(21-16)23-10-5-15(6-11-23)24-9-3-4-14(12-24)18(26)22-7-1-2-8-22/h13-15H,1-12H2,(H2,20,25). The Morgan fingerprint density at radius 2 is 1.78 bits per heavy atom. The summed E-state index contributed by atoms with van der Waals surface area (Å²) >= 11 is 1.49. The lowest BCUT2D eigenvalue weighted by Crippen LogP contribution is -2.51. The number of primary amides is 1. The highest BCUT2D eigenvalue weighted by molar-refractivity contribution is 7.13. The summed E-state index contributed by atoms with van der Waals surface area (Å²) in [6, 6.07) is 0.547. The van der Waals surface area contributed by atoms with Gasteiger partial charge in [0.25, 0.3) is 5.91 Å². The molecule has 1 aromatic heterocycles. The molecule has 3 aliphatic rings. The van der Waals surface area contributed by atoms with Crippen LogP contribution in [0, 0.1) is 5.92 Å². The molecule has 0 saturated carbocycles. The van der Waals surface area contributed by atoms with Gasteiger partial charge < -0.3 is 15.5 Å². The lowest BCUT2D eigenvalue weighted by molar-refractivity contribution is -0.136. The predicted molar refractivity (Wildman–Crippen MR) is 106 cm³/mol. The number of carbonyl (C=O) groups is 2. The molecular formula is C19H29N5O2S. The summed E-state index contributed by atoms with van der Waals surface area (Å²) in [4.78, 5) is 35.3. The fourth-order valence-electron chi connectivity index (χ4n) is 4.68. The van der Waals surface area contributed by atoms with Gasteiger partial charge in [0.2, 0.25) is 5.91 Å². The molecule has 1 unspecified atom stereocenters. The van der Waals surface area contributed by atoms with E-state index in [2.05, 4.69) is 19.7 Å². The van der Waals surface area contributed by atoms with Crippen molar-refractivity contribution in [1.82, 2.24) is 14.8 Å². The third kappa shape index (κ3) is 4.11. The normalized spacial score (nSPS) is 25.1. The van der Waals surface area contributed by atoms with Gasteiger partial charge >= 0.3 is 0 Å². The van der Waals surface area contributed by atoms with Crippen LogP contribution >= 0.6 is 11.3 Å². The van der Waals surface area contributed by atoms with E-state index in [1.165, 1.54) is 11.3 Å². The number of piperidine rings is 2. The van der Waals surface area contributed by atoms with Gasteiger partial charge in [-0.2, -0.15) is 0 Å². The van der Waals surface area contributed by atoms with Crippen molar-refractivity contribution in [1.29, 1.82) is 0 Å². The highest BCUT2D eigenvalue weighted by atomic mass is 32.1. The van der Waals surface area contributed by atoms with Crippen LogP contribution in [0.1, 0.15) is 49.0 Å². The Balaban J connectivity index is 1.30. The van der Waals surface area contributed by atoms with Crippen LogP contribution in [0.3, 0.4) is 0 Å². The highest BCUT2D eigenvalue weighted by Gasteiger charge is 2.34. The average Bonchev–Trinajstić information content (AvgIpc) is 3.40.